The third-order valence-corrected chi connectivity index (χ3v) is 1.74. The molecule has 0 spiro atoms. The van der Waals surface area contributed by atoms with Gasteiger partial charge in [-0.3, -0.25) is 0 Å². The van der Waals surface area contributed by atoms with Gasteiger partial charge in [0.2, 0.25) is 0 Å². The predicted molar refractivity (Wildman–Crippen MR) is 61.3 cm³/mol. The highest BCUT2D eigenvalue weighted by Gasteiger charge is 2.20. The van der Waals surface area contributed by atoms with Gasteiger partial charge < -0.3 is 5.11 Å². The van der Waals surface area contributed by atoms with Crippen LogP contribution in [0.25, 0.3) is 0 Å². The molecule has 2 nitrogen and oxygen atoms in total. The lowest BCUT2D eigenvalue weighted by Crippen LogP contribution is -2.15. The first-order valence-electron chi connectivity index (χ1n) is 4.65. The molecule has 82 valence electrons. The molecule has 2 heteroatoms. The minimum absolute atomic E-state index is 0.252. The number of hydrogen-bond donors (Lipinski definition) is 1. The van der Waals surface area contributed by atoms with Crippen LogP contribution in [-0.2, 0) is 4.79 Å². The van der Waals surface area contributed by atoms with E-state index >= 15 is 0 Å². The second-order valence-corrected chi connectivity index (χ2v) is 4.40. The van der Waals surface area contributed by atoms with Crippen molar-refractivity contribution in [2.75, 3.05) is 0 Å². The van der Waals surface area contributed by atoms with E-state index in [9.17, 15) is 4.79 Å². The van der Waals surface area contributed by atoms with Crippen LogP contribution in [0.15, 0.2) is 23.8 Å². The van der Waals surface area contributed by atoms with Crippen molar-refractivity contribution in [1.82, 2.24) is 0 Å². The SMILES string of the molecule is C=C(C(=O)O)C(C)(C)C.CC=C(C)C. The van der Waals surface area contributed by atoms with Crippen LogP contribution in [0.4, 0.5) is 0 Å². The Balaban J connectivity index is 0. The summed E-state index contributed by atoms with van der Waals surface area (Å²) in [6, 6.07) is 0. The van der Waals surface area contributed by atoms with Crippen molar-refractivity contribution in [3.8, 4) is 0 Å². The molecule has 0 radical (unpaired) electrons. The van der Waals surface area contributed by atoms with Gasteiger partial charge in [-0.1, -0.05) is 39.0 Å². The number of carboxylic acids is 1. The van der Waals surface area contributed by atoms with Crippen LogP contribution in [0.2, 0.25) is 0 Å². The number of carbonyl (C=O) groups is 1. The Hall–Kier alpha value is -1.05. The Morgan fingerprint density at radius 1 is 1.29 bits per heavy atom. The van der Waals surface area contributed by atoms with E-state index in [0.717, 1.165) is 0 Å². The van der Waals surface area contributed by atoms with Gasteiger partial charge in [0, 0.05) is 5.57 Å². The van der Waals surface area contributed by atoms with Crippen molar-refractivity contribution >= 4 is 5.97 Å². The van der Waals surface area contributed by atoms with E-state index in [1.54, 1.807) is 0 Å². The molecule has 0 aliphatic rings. The van der Waals surface area contributed by atoms with Gasteiger partial charge in [0.1, 0.15) is 0 Å². The number of aliphatic carboxylic acids is 1. The van der Waals surface area contributed by atoms with Crippen LogP contribution in [0.3, 0.4) is 0 Å². The lowest BCUT2D eigenvalue weighted by molar-refractivity contribution is -0.133. The van der Waals surface area contributed by atoms with Gasteiger partial charge in [0.25, 0.3) is 0 Å². The molecule has 0 unspecified atom stereocenters. The molecule has 0 fully saturated rings. The highest BCUT2D eigenvalue weighted by Crippen LogP contribution is 2.22. The lowest BCUT2D eigenvalue weighted by atomic mass is 9.88. The summed E-state index contributed by atoms with van der Waals surface area (Å²) in [6.45, 7) is 15.1. The van der Waals surface area contributed by atoms with Crippen LogP contribution in [0, 0.1) is 5.41 Å². The van der Waals surface area contributed by atoms with Gasteiger partial charge >= 0.3 is 5.97 Å². The van der Waals surface area contributed by atoms with E-state index in [-0.39, 0.29) is 11.0 Å². The van der Waals surface area contributed by atoms with Crippen LogP contribution in [-0.4, -0.2) is 11.1 Å². The van der Waals surface area contributed by atoms with E-state index in [2.05, 4.69) is 26.5 Å². The largest absolute Gasteiger partial charge is 0.478 e. The molecule has 1 N–H and O–H groups in total. The Morgan fingerprint density at radius 2 is 1.57 bits per heavy atom. The minimum atomic E-state index is -0.914. The van der Waals surface area contributed by atoms with Gasteiger partial charge in [-0.15, -0.1) is 0 Å². The fraction of sp³-hybridized carbons (Fsp3) is 0.583. The molecule has 0 aromatic rings. The summed E-state index contributed by atoms with van der Waals surface area (Å²) in [5, 5.41) is 8.42. The zero-order chi connectivity index (χ0) is 11.9. The van der Waals surface area contributed by atoms with Crippen molar-refractivity contribution < 1.29 is 9.90 Å². The Labute approximate surface area is 87.3 Å². The summed E-state index contributed by atoms with van der Waals surface area (Å²) in [4.78, 5) is 10.2. The fourth-order valence-electron chi connectivity index (χ4n) is 0.321. The number of rotatable bonds is 1. The minimum Gasteiger partial charge on any atom is -0.478 e. The maximum absolute atomic E-state index is 10.2. The molecule has 0 heterocycles. The molecule has 0 amide bonds. The highest BCUT2D eigenvalue weighted by molar-refractivity contribution is 5.87. The second kappa shape index (κ2) is 6.41. The van der Waals surface area contributed by atoms with Gasteiger partial charge in [-0.2, -0.15) is 0 Å². The van der Waals surface area contributed by atoms with Crippen molar-refractivity contribution in [2.24, 2.45) is 5.41 Å². The molecular weight excluding hydrogens is 176 g/mol. The van der Waals surface area contributed by atoms with E-state index in [1.165, 1.54) is 5.57 Å². The average Bonchev–Trinajstić information content (AvgIpc) is 2.02. The normalized spacial score (nSPS) is 9.57. The molecule has 0 rings (SSSR count). The molecule has 0 aromatic heterocycles. The number of carboxylic acid groups (broad SMARTS) is 1. The molecule has 0 bridgehead atoms. The summed E-state index contributed by atoms with van der Waals surface area (Å²) in [5.41, 5.74) is 1.32. The topological polar surface area (TPSA) is 37.3 Å². The quantitative estimate of drug-likeness (QED) is 0.516. The molecule has 0 saturated heterocycles. The van der Waals surface area contributed by atoms with Crippen molar-refractivity contribution in [3.05, 3.63) is 23.8 Å². The first-order chi connectivity index (χ1) is 6.12. The molecule has 0 saturated carbocycles. The average molecular weight is 198 g/mol. The Bertz CT molecular complexity index is 225. The summed E-state index contributed by atoms with van der Waals surface area (Å²) in [5.74, 6) is -0.914. The third kappa shape index (κ3) is 9.04. The highest BCUT2D eigenvalue weighted by atomic mass is 16.4. The van der Waals surface area contributed by atoms with E-state index in [0.29, 0.717) is 0 Å². The molecule has 14 heavy (non-hydrogen) atoms. The standard InChI is InChI=1S/C7H12O2.C5H10/c1-5(6(8)9)7(2,3)4;1-4-5(2)3/h1H2,2-4H3,(H,8,9);4H,1-3H3. The van der Waals surface area contributed by atoms with Crippen LogP contribution in [0.1, 0.15) is 41.5 Å². The Morgan fingerprint density at radius 3 is 1.57 bits per heavy atom. The van der Waals surface area contributed by atoms with Crippen LogP contribution >= 0.6 is 0 Å². The van der Waals surface area contributed by atoms with Crippen molar-refractivity contribution in [1.29, 1.82) is 0 Å². The molecular formula is C12H22O2. The van der Waals surface area contributed by atoms with Crippen LogP contribution < -0.4 is 0 Å². The zero-order valence-corrected chi connectivity index (χ0v) is 10.1. The summed E-state index contributed by atoms with van der Waals surface area (Å²) < 4.78 is 0. The number of allylic oxidation sites excluding steroid dienone is 2. The van der Waals surface area contributed by atoms with Crippen LogP contribution in [0.5, 0.6) is 0 Å². The maximum atomic E-state index is 10.2. The lowest BCUT2D eigenvalue weighted by Gasteiger charge is -2.17. The summed E-state index contributed by atoms with van der Waals surface area (Å²) in [7, 11) is 0. The first-order valence-corrected chi connectivity index (χ1v) is 4.65. The predicted octanol–water partition coefficient (Wildman–Crippen LogP) is 3.65. The van der Waals surface area contributed by atoms with E-state index in [4.69, 9.17) is 5.11 Å². The Kier molecular flexibility index (Phi) is 7.06. The molecule has 0 aliphatic heterocycles. The smallest absolute Gasteiger partial charge is 0.331 e. The number of hydrogen-bond acceptors (Lipinski definition) is 1. The molecule has 0 aromatic carbocycles. The third-order valence-electron chi connectivity index (χ3n) is 1.74. The second-order valence-electron chi connectivity index (χ2n) is 4.40. The van der Waals surface area contributed by atoms with Gasteiger partial charge in [-0.05, 0) is 26.2 Å². The zero-order valence-electron chi connectivity index (χ0n) is 10.1. The molecule has 0 atom stereocenters. The first kappa shape index (κ1) is 15.4. The molecule has 0 aliphatic carbocycles. The summed E-state index contributed by atoms with van der Waals surface area (Å²) >= 11 is 0. The summed E-state index contributed by atoms with van der Waals surface area (Å²) in [6.07, 6.45) is 2.08. The van der Waals surface area contributed by atoms with Gasteiger partial charge in [0.15, 0.2) is 0 Å². The van der Waals surface area contributed by atoms with E-state index in [1.807, 2.05) is 27.7 Å². The van der Waals surface area contributed by atoms with Gasteiger partial charge in [0.05, 0.1) is 0 Å². The fourth-order valence-corrected chi connectivity index (χ4v) is 0.321. The van der Waals surface area contributed by atoms with E-state index < -0.39 is 5.97 Å². The maximum Gasteiger partial charge on any atom is 0.331 e. The van der Waals surface area contributed by atoms with Gasteiger partial charge in [-0.25, -0.2) is 4.79 Å². The van der Waals surface area contributed by atoms with Crippen molar-refractivity contribution in [2.45, 2.75) is 41.5 Å². The van der Waals surface area contributed by atoms with Crippen molar-refractivity contribution in [3.63, 3.8) is 0 Å². The monoisotopic (exact) mass is 198 g/mol.